The van der Waals surface area contributed by atoms with E-state index in [0.717, 1.165) is 18.5 Å². The van der Waals surface area contributed by atoms with Crippen molar-refractivity contribution in [1.29, 1.82) is 0 Å². The van der Waals surface area contributed by atoms with Crippen molar-refractivity contribution in [3.63, 3.8) is 0 Å². The summed E-state index contributed by atoms with van der Waals surface area (Å²) < 4.78 is 0. The van der Waals surface area contributed by atoms with E-state index < -0.39 is 0 Å². The highest BCUT2D eigenvalue weighted by Gasteiger charge is 2.25. The summed E-state index contributed by atoms with van der Waals surface area (Å²) in [6, 6.07) is 0.926. The minimum absolute atomic E-state index is 0.773. The first-order valence-corrected chi connectivity index (χ1v) is 8.43. The summed E-state index contributed by atoms with van der Waals surface area (Å²) >= 11 is 0. The van der Waals surface area contributed by atoms with E-state index in [1.54, 1.807) is 0 Å². The molecule has 1 aliphatic heterocycles. The third-order valence-electron chi connectivity index (χ3n) is 4.63. The van der Waals surface area contributed by atoms with Gasteiger partial charge in [0.1, 0.15) is 0 Å². The Hall–Kier alpha value is -0.120. The molecular formula is C16H33N3. The van der Waals surface area contributed by atoms with Crippen molar-refractivity contribution in [2.75, 3.05) is 45.8 Å². The molecular weight excluding hydrogens is 234 g/mol. The van der Waals surface area contributed by atoms with Gasteiger partial charge < -0.3 is 10.2 Å². The van der Waals surface area contributed by atoms with Crippen LogP contribution in [0.2, 0.25) is 0 Å². The van der Waals surface area contributed by atoms with Crippen molar-refractivity contribution < 1.29 is 0 Å². The van der Waals surface area contributed by atoms with Gasteiger partial charge in [0.25, 0.3) is 0 Å². The van der Waals surface area contributed by atoms with Crippen LogP contribution < -0.4 is 5.32 Å². The van der Waals surface area contributed by atoms with Crippen LogP contribution in [-0.2, 0) is 0 Å². The number of rotatable bonds is 7. The Morgan fingerprint density at radius 1 is 1.05 bits per heavy atom. The van der Waals surface area contributed by atoms with Crippen LogP contribution in [0.4, 0.5) is 0 Å². The molecule has 0 aromatic carbocycles. The van der Waals surface area contributed by atoms with Gasteiger partial charge >= 0.3 is 0 Å². The molecule has 3 heteroatoms. The Bertz CT molecular complexity index is 228. The first-order valence-electron chi connectivity index (χ1n) is 8.43. The summed E-state index contributed by atoms with van der Waals surface area (Å²) in [5, 5.41) is 3.54. The Kier molecular flexibility index (Phi) is 6.62. The second kappa shape index (κ2) is 8.23. The van der Waals surface area contributed by atoms with Gasteiger partial charge in [0.2, 0.25) is 0 Å². The predicted molar refractivity (Wildman–Crippen MR) is 82.6 cm³/mol. The molecule has 112 valence electrons. The predicted octanol–water partition coefficient (Wildman–Crippen LogP) is 2.18. The quantitative estimate of drug-likeness (QED) is 0.713. The average molecular weight is 267 g/mol. The third-order valence-corrected chi connectivity index (χ3v) is 4.63. The summed E-state index contributed by atoms with van der Waals surface area (Å²) in [5.74, 6) is 0.773. The maximum atomic E-state index is 3.54. The number of nitrogens with zero attached hydrogens (tertiary/aromatic N) is 2. The van der Waals surface area contributed by atoms with Gasteiger partial charge in [0.15, 0.2) is 0 Å². The lowest BCUT2D eigenvalue weighted by molar-refractivity contribution is 0.0972. The lowest BCUT2D eigenvalue weighted by atomic mass is 10.2. The molecule has 0 amide bonds. The third kappa shape index (κ3) is 5.41. The first kappa shape index (κ1) is 15.3. The summed E-state index contributed by atoms with van der Waals surface area (Å²) in [5.41, 5.74) is 0. The van der Waals surface area contributed by atoms with E-state index in [-0.39, 0.29) is 0 Å². The van der Waals surface area contributed by atoms with Gasteiger partial charge in [-0.2, -0.15) is 0 Å². The fourth-order valence-corrected chi connectivity index (χ4v) is 3.44. The molecule has 1 heterocycles. The molecule has 0 unspecified atom stereocenters. The Labute approximate surface area is 119 Å². The second-order valence-corrected chi connectivity index (χ2v) is 6.77. The highest BCUT2D eigenvalue weighted by atomic mass is 15.3. The SMILES string of the molecule is CC(C)CNCCCN1CCN(C2CCCC2)CC1. The van der Waals surface area contributed by atoms with Crippen molar-refractivity contribution in [2.45, 2.75) is 52.0 Å². The molecule has 0 atom stereocenters. The van der Waals surface area contributed by atoms with Crippen molar-refractivity contribution in [3.8, 4) is 0 Å². The highest BCUT2D eigenvalue weighted by Crippen LogP contribution is 2.24. The molecule has 19 heavy (non-hydrogen) atoms. The summed E-state index contributed by atoms with van der Waals surface area (Å²) in [6.45, 7) is 13.4. The molecule has 1 saturated carbocycles. The van der Waals surface area contributed by atoms with Gasteiger partial charge in [0, 0.05) is 32.2 Å². The van der Waals surface area contributed by atoms with Gasteiger partial charge in [-0.25, -0.2) is 0 Å². The van der Waals surface area contributed by atoms with E-state index in [1.807, 2.05) is 0 Å². The van der Waals surface area contributed by atoms with Gasteiger partial charge in [-0.3, -0.25) is 4.90 Å². The van der Waals surface area contributed by atoms with E-state index in [9.17, 15) is 0 Å². The maximum Gasteiger partial charge on any atom is 0.0113 e. The van der Waals surface area contributed by atoms with Crippen LogP contribution in [0.15, 0.2) is 0 Å². The molecule has 1 N–H and O–H groups in total. The molecule has 2 aliphatic rings. The van der Waals surface area contributed by atoms with Crippen molar-refractivity contribution >= 4 is 0 Å². The summed E-state index contributed by atoms with van der Waals surface area (Å²) in [6.07, 6.45) is 7.15. The normalized spacial score (nSPS) is 23.5. The van der Waals surface area contributed by atoms with E-state index in [2.05, 4.69) is 29.0 Å². The Morgan fingerprint density at radius 2 is 1.74 bits per heavy atom. The van der Waals surface area contributed by atoms with E-state index in [4.69, 9.17) is 0 Å². The standard InChI is InChI=1S/C16H33N3/c1-15(2)14-17-8-5-9-18-10-12-19(13-11-18)16-6-3-4-7-16/h15-17H,3-14H2,1-2H3. The first-order chi connectivity index (χ1) is 9.25. The van der Waals surface area contributed by atoms with Crippen molar-refractivity contribution in [1.82, 2.24) is 15.1 Å². The minimum atomic E-state index is 0.773. The lowest BCUT2D eigenvalue weighted by Gasteiger charge is -2.38. The Balaban J connectivity index is 1.51. The lowest BCUT2D eigenvalue weighted by Crippen LogP contribution is -2.50. The van der Waals surface area contributed by atoms with Gasteiger partial charge in [-0.15, -0.1) is 0 Å². The van der Waals surface area contributed by atoms with Gasteiger partial charge in [-0.05, 0) is 44.8 Å². The van der Waals surface area contributed by atoms with Crippen LogP contribution in [0.25, 0.3) is 0 Å². The monoisotopic (exact) mass is 267 g/mol. The molecule has 0 aromatic heterocycles. The minimum Gasteiger partial charge on any atom is -0.316 e. The molecule has 3 nitrogen and oxygen atoms in total. The fraction of sp³-hybridized carbons (Fsp3) is 1.00. The Morgan fingerprint density at radius 3 is 2.37 bits per heavy atom. The van der Waals surface area contributed by atoms with Gasteiger partial charge in [0.05, 0.1) is 0 Å². The van der Waals surface area contributed by atoms with Crippen LogP contribution in [0.5, 0.6) is 0 Å². The van der Waals surface area contributed by atoms with E-state index >= 15 is 0 Å². The van der Waals surface area contributed by atoms with Crippen LogP contribution in [0.3, 0.4) is 0 Å². The number of hydrogen-bond donors (Lipinski definition) is 1. The zero-order valence-corrected chi connectivity index (χ0v) is 13.0. The summed E-state index contributed by atoms with van der Waals surface area (Å²) in [4.78, 5) is 5.41. The highest BCUT2D eigenvalue weighted by molar-refractivity contribution is 4.81. The molecule has 2 rings (SSSR count). The average Bonchev–Trinajstić information content (AvgIpc) is 2.93. The largest absolute Gasteiger partial charge is 0.316 e. The smallest absolute Gasteiger partial charge is 0.0113 e. The zero-order chi connectivity index (χ0) is 13.5. The number of hydrogen-bond acceptors (Lipinski definition) is 3. The van der Waals surface area contributed by atoms with Crippen molar-refractivity contribution in [2.24, 2.45) is 5.92 Å². The van der Waals surface area contributed by atoms with Crippen LogP contribution in [0.1, 0.15) is 46.0 Å². The second-order valence-electron chi connectivity index (χ2n) is 6.77. The van der Waals surface area contributed by atoms with Crippen molar-refractivity contribution in [3.05, 3.63) is 0 Å². The molecule has 2 fully saturated rings. The number of nitrogens with one attached hydrogen (secondary N) is 1. The molecule has 0 spiro atoms. The van der Waals surface area contributed by atoms with Crippen LogP contribution in [0, 0.1) is 5.92 Å². The molecule has 1 aliphatic carbocycles. The molecule has 1 saturated heterocycles. The topological polar surface area (TPSA) is 18.5 Å². The van der Waals surface area contributed by atoms with Gasteiger partial charge in [-0.1, -0.05) is 26.7 Å². The maximum absolute atomic E-state index is 3.54. The fourth-order valence-electron chi connectivity index (χ4n) is 3.44. The molecule has 0 radical (unpaired) electrons. The molecule has 0 bridgehead atoms. The van der Waals surface area contributed by atoms with E-state index in [1.165, 1.54) is 71.4 Å². The van der Waals surface area contributed by atoms with Crippen LogP contribution in [-0.4, -0.2) is 61.7 Å². The summed E-state index contributed by atoms with van der Waals surface area (Å²) in [7, 11) is 0. The zero-order valence-electron chi connectivity index (χ0n) is 13.0. The molecule has 0 aromatic rings. The number of piperazine rings is 1. The van der Waals surface area contributed by atoms with Crippen LogP contribution >= 0.6 is 0 Å². The van der Waals surface area contributed by atoms with E-state index in [0.29, 0.717) is 0 Å².